The van der Waals surface area contributed by atoms with Crippen molar-refractivity contribution in [1.29, 1.82) is 0 Å². The first-order chi connectivity index (χ1) is 9.75. The lowest BCUT2D eigenvalue weighted by Gasteiger charge is -2.39. The molecule has 2 rings (SSSR count). The van der Waals surface area contributed by atoms with Crippen LogP contribution >= 0.6 is 0 Å². The molecule has 0 amide bonds. The highest BCUT2D eigenvalue weighted by Gasteiger charge is 2.28. The molecule has 1 heterocycles. The van der Waals surface area contributed by atoms with Gasteiger partial charge >= 0.3 is 0 Å². The third-order valence-corrected chi connectivity index (χ3v) is 6.10. The summed E-state index contributed by atoms with van der Waals surface area (Å²) in [5.41, 5.74) is 7.38. The number of anilines is 2. The summed E-state index contributed by atoms with van der Waals surface area (Å²) in [6, 6.07) is 5.64. The molecule has 2 unspecified atom stereocenters. The van der Waals surface area contributed by atoms with Crippen LogP contribution < -0.4 is 10.6 Å². The maximum atomic E-state index is 12.4. The first-order valence-electron chi connectivity index (χ1n) is 7.32. The van der Waals surface area contributed by atoms with Crippen LogP contribution in [-0.4, -0.2) is 39.4 Å². The van der Waals surface area contributed by atoms with Crippen molar-refractivity contribution in [3.05, 3.63) is 18.2 Å². The summed E-state index contributed by atoms with van der Waals surface area (Å²) < 4.78 is 25.9. The fourth-order valence-electron chi connectivity index (χ4n) is 2.83. The number of nitrogen functional groups attached to an aromatic ring is 1. The van der Waals surface area contributed by atoms with Gasteiger partial charge in [-0.1, -0.05) is 13.0 Å². The van der Waals surface area contributed by atoms with Gasteiger partial charge in [-0.25, -0.2) is 12.7 Å². The van der Waals surface area contributed by atoms with Crippen LogP contribution in [0.4, 0.5) is 11.4 Å². The van der Waals surface area contributed by atoms with Crippen LogP contribution in [0.25, 0.3) is 0 Å². The van der Waals surface area contributed by atoms with Crippen molar-refractivity contribution in [1.82, 2.24) is 4.31 Å². The molecular formula is C15H25N3O2S. The maximum Gasteiger partial charge on any atom is 0.244 e. The summed E-state index contributed by atoms with van der Waals surface area (Å²) in [4.78, 5) is 2.42. The highest BCUT2D eigenvalue weighted by molar-refractivity contribution is 7.89. The van der Waals surface area contributed by atoms with Gasteiger partial charge in [-0.3, -0.25) is 0 Å². The van der Waals surface area contributed by atoms with Crippen LogP contribution in [0, 0.1) is 5.92 Å². The molecule has 0 aromatic heterocycles. The largest absolute Gasteiger partial charge is 0.396 e. The Morgan fingerprint density at radius 2 is 1.90 bits per heavy atom. The Kier molecular flexibility index (Phi) is 4.49. The topological polar surface area (TPSA) is 66.6 Å². The van der Waals surface area contributed by atoms with Gasteiger partial charge in [0.15, 0.2) is 0 Å². The maximum absolute atomic E-state index is 12.4. The number of sulfonamides is 1. The number of nitrogens with two attached hydrogens (primary N) is 1. The van der Waals surface area contributed by atoms with Crippen LogP contribution in [0.3, 0.4) is 0 Å². The van der Waals surface area contributed by atoms with Crippen molar-refractivity contribution in [3.63, 3.8) is 0 Å². The minimum absolute atomic E-state index is 0.190. The Hall–Kier alpha value is -1.27. The number of nitrogens with zero attached hydrogens (tertiary/aromatic N) is 2. The predicted molar refractivity (Wildman–Crippen MR) is 86.9 cm³/mol. The molecule has 0 bridgehead atoms. The van der Waals surface area contributed by atoms with E-state index < -0.39 is 10.0 Å². The van der Waals surface area contributed by atoms with Crippen molar-refractivity contribution in [2.24, 2.45) is 5.92 Å². The minimum atomic E-state index is -3.52. The molecule has 0 radical (unpaired) electrons. The quantitative estimate of drug-likeness (QED) is 0.869. The summed E-state index contributed by atoms with van der Waals surface area (Å²) in [6.07, 6.45) is 2.30. The Bertz CT molecular complexity index is 613. The van der Waals surface area contributed by atoms with Gasteiger partial charge in [-0.05, 0) is 37.8 Å². The molecular weight excluding hydrogens is 286 g/mol. The van der Waals surface area contributed by atoms with Gasteiger partial charge in [0, 0.05) is 26.7 Å². The van der Waals surface area contributed by atoms with Crippen LogP contribution in [0.1, 0.15) is 26.7 Å². The van der Waals surface area contributed by atoms with Crippen molar-refractivity contribution in [3.8, 4) is 0 Å². The van der Waals surface area contributed by atoms with E-state index in [0.29, 0.717) is 17.6 Å². The van der Waals surface area contributed by atoms with E-state index in [4.69, 9.17) is 5.73 Å². The average Bonchev–Trinajstić information content (AvgIpc) is 2.41. The predicted octanol–water partition coefficient (Wildman–Crippen LogP) is 2.14. The molecule has 1 saturated heterocycles. The third kappa shape index (κ3) is 3.01. The zero-order chi connectivity index (χ0) is 15.8. The van der Waals surface area contributed by atoms with Gasteiger partial charge in [0.1, 0.15) is 4.90 Å². The van der Waals surface area contributed by atoms with E-state index in [1.165, 1.54) is 24.8 Å². The molecule has 6 heteroatoms. The van der Waals surface area contributed by atoms with Gasteiger partial charge in [0.2, 0.25) is 10.0 Å². The van der Waals surface area contributed by atoms with Crippen molar-refractivity contribution in [2.75, 3.05) is 31.3 Å². The zero-order valence-electron chi connectivity index (χ0n) is 13.2. The highest BCUT2D eigenvalue weighted by Crippen LogP contribution is 2.35. The number of benzene rings is 1. The molecule has 0 aliphatic carbocycles. The fraction of sp³-hybridized carbons (Fsp3) is 0.600. The molecule has 1 fully saturated rings. The molecule has 1 aromatic rings. The summed E-state index contributed by atoms with van der Waals surface area (Å²) in [5.74, 6) is 0.592. The monoisotopic (exact) mass is 311 g/mol. The van der Waals surface area contributed by atoms with Gasteiger partial charge < -0.3 is 10.6 Å². The molecule has 2 atom stereocenters. The number of para-hydroxylation sites is 1. The summed E-state index contributed by atoms with van der Waals surface area (Å²) in [5, 5.41) is 0. The third-order valence-electron chi connectivity index (χ3n) is 4.23. The van der Waals surface area contributed by atoms with Crippen molar-refractivity contribution < 1.29 is 8.42 Å². The van der Waals surface area contributed by atoms with Crippen LogP contribution in [0.2, 0.25) is 0 Å². The lowest BCUT2D eigenvalue weighted by Crippen LogP contribution is -2.41. The van der Waals surface area contributed by atoms with Crippen LogP contribution in [-0.2, 0) is 10.0 Å². The Morgan fingerprint density at radius 1 is 1.24 bits per heavy atom. The van der Waals surface area contributed by atoms with Gasteiger partial charge in [-0.2, -0.15) is 0 Å². The van der Waals surface area contributed by atoms with E-state index in [2.05, 4.69) is 18.7 Å². The highest BCUT2D eigenvalue weighted by atomic mass is 32.2. The SMILES string of the molecule is CC1CCC(C)N(c2cccc(S(=O)(=O)N(C)C)c2N)C1. The van der Waals surface area contributed by atoms with Crippen LogP contribution in [0.15, 0.2) is 23.1 Å². The first-order valence-corrected chi connectivity index (χ1v) is 8.76. The molecule has 1 aromatic carbocycles. The van der Waals surface area contributed by atoms with Crippen molar-refractivity contribution >= 4 is 21.4 Å². The second-order valence-corrected chi connectivity index (χ2v) is 8.28. The van der Waals surface area contributed by atoms with Gasteiger partial charge in [-0.15, -0.1) is 0 Å². The Balaban J connectivity index is 2.47. The number of piperidine rings is 1. The molecule has 118 valence electrons. The van der Waals surface area contributed by atoms with Gasteiger partial charge in [0.25, 0.3) is 0 Å². The second-order valence-electron chi connectivity index (χ2n) is 6.16. The lowest BCUT2D eigenvalue weighted by atomic mass is 9.94. The molecule has 1 aliphatic heterocycles. The number of hydrogen-bond acceptors (Lipinski definition) is 4. The zero-order valence-corrected chi connectivity index (χ0v) is 14.0. The first kappa shape index (κ1) is 16.1. The Labute approximate surface area is 127 Å². The molecule has 2 N–H and O–H groups in total. The Morgan fingerprint density at radius 3 is 2.52 bits per heavy atom. The second kappa shape index (κ2) is 5.85. The van der Waals surface area contributed by atoms with E-state index in [1.54, 1.807) is 12.1 Å². The van der Waals surface area contributed by atoms with E-state index in [9.17, 15) is 8.42 Å². The molecule has 5 nitrogen and oxygen atoms in total. The normalized spacial score (nSPS) is 23.6. The van der Waals surface area contributed by atoms with E-state index in [1.807, 2.05) is 6.07 Å². The smallest absolute Gasteiger partial charge is 0.244 e. The van der Waals surface area contributed by atoms with E-state index >= 15 is 0 Å². The molecule has 1 aliphatic rings. The number of rotatable bonds is 3. The fourth-order valence-corrected chi connectivity index (χ4v) is 3.86. The molecule has 0 saturated carbocycles. The minimum Gasteiger partial charge on any atom is -0.396 e. The molecule has 21 heavy (non-hydrogen) atoms. The lowest BCUT2D eigenvalue weighted by molar-refractivity contribution is 0.390. The average molecular weight is 311 g/mol. The van der Waals surface area contributed by atoms with Crippen molar-refractivity contribution in [2.45, 2.75) is 37.6 Å². The van der Waals surface area contributed by atoms with Gasteiger partial charge in [0.05, 0.1) is 11.4 Å². The molecule has 0 spiro atoms. The number of hydrogen-bond donors (Lipinski definition) is 1. The summed E-state index contributed by atoms with van der Waals surface area (Å²) in [6.45, 7) is 5.30. The summed E-state index contributed by atoms with van der Waals surface area (Å²) >= 11 is 0. The van der Waals surface area contributed by atoms with E-state index in [0.717, 1.165) is 18.7 Å². The van der Waals surface area contributed by atoms with Crippen LogP contribution in [0.5, 0.6) is 0 Å². The standard InChI is InChI=1S/C15H25N3O2S/c1-11-8-9-12(2)18(10-11)13-6-5-7-14(15(13)16)21(19,20)17(3)4/h5-7,11-12H,8-10,16H2,1-4H3. The van der Waals surface area contributed by atoms with E-state index in [-0.39, 0.29) is 4.90 Å². The summed E-state index contributed by atoms with van der Waals surface area (Å²) in [7, 11) is -0.476.